The summed E-state index contributed by atoms with van der Waals surface area (Å²) in [4.78, 5) is 47.7. The van der Waals surface area contributed by atoms with Gasteiger partial charge in [-0.3, -0.25) is 14.4 Å². The lowest BCUT2D eigenvalue weighted by Gasteiger charge is -2.42. The molecule has 3 amide bonds. The van der Waals surface area contributed by atoms with Gasteiger partial charge in [0.15, 0.2) is 0 Å². The molecule has 36 heavy (non-hydrogen) atoms. The Morgan fingerprint density at radius 3 is 2.44 bits per heavy atom. The first-order chi connectivity index (χ1) is 17.1. The number of thioether (sulfide) groups is 1. The lowest BCUT2D eigenvalue weighted by atomic mass is 9.70. The van der Waals surface area contributed by atoms with Crippen molar-refractivity contribution in [2.45, 2.75) is 87.8 Å². The van der Waals surface area contributed by atoms with E-state index in [9.17, 15) is 19.5 Å². The average molecular weight is 520 g/mol. The normalized spacial score (nSPS) is 28.8. The number of hydrogen-bond donors (Lipinski definition) is 1. The molecule has 1 N–H and O–H groups in total. The summed E-state index contributed by atoms with van der Waals surface area (Å²) in [5.74, 6) is -0.939. The number of rotatable bonds is 13. The third kappa shape index (κ3) is 5.13. The van der Waals surface area contributed by atoms with Crippen LogP contribution in [0.5, 0.6) is 0 Å². The summed E-state index contributed by atoms with van der Waals surface area (Å²) in [6, 6.07) is -0.588. The predicted octanol–water partition coefficient (Wildman–Crippen LogP) is 3.48. The third-order valence-corrected chi connectivity index (χ3v) is 9.87. The number of fused-ring (bicyclic) bond motifs is 1. The monoisotopic (exact) mass is 519 g/mol. The van der Waals surface area contributed by atoms with Gasteiger partial charge in [0.05, 0.1) is 16.6 Å². The lowest BCUT2D eigenvalue weighted by Crippen LogP contribution is -2.58. The molecule has 3 aliphatic rings. The van der Waals surface area contributed by atoms with Gasteiger partial charge in [0, 0.05) is 43.6 Å². The number of amides is 3. The number of unbranched alkanes of at least 4 members (excludes halogenated alkanes) is 2. The molecule has 3 fully saturated rings. The topological polar surface area (TPSA) is 81.2 Å². The van der Waals surface area contributed by atoms with Gasteiger partial charge < -0.3 is 19.8 Å². The summed E-state index contributed by atoms with van der Waals surface area (Å²) >= 11 is 1.72. The Balaban J connectivity index is 2.01. The highest BCUT2D eigenvalue weighted by molar-refractivity contribution is 8.02. The van der Waals surface area contributed by atoms with Crippen LogP contribution in [0.15, 0.2) is 25.3 Å². The van der Waals surface area contributed by atoms with Crippen LogP contribution in [0, 0.1) is 11.8 Å². The molecule has 8 heteroatoms. The van der Waals surface area contributed by atoms with Gasteiger partial charge in [0.1, 0.15) is 6.04 Å². The Kier molecular flexibility index (Phi) is 9.36. The van der Waals surface area contributed by atoms with E-state index in [1.165, 1.54) is 0 Å². The highest BCUT2D eigenvalue weighted by Gasteiger charge is 2.74. The number of aliphatic hydroxyl groups excluding tert-OH is 1. The quantitative estimate of drug-likeness (QED) is 0.298. The van der Waals surface area contributed by atoms with Crippen molar-refractivity contribution in [3.8, 4) is 0 Å². The maximum Gasteiger partial charge on any atom is 0.247 e. The molecular formula is C28H45N3O4S. The largest absolute Gasteiger partial charge is 0.396 e. The molecule has 3 aliphatic heterocycles. The van der Waals surface area contributed by atoms with Crippen molar-refractivity contribution in [1.82, 2.24) is 14.7 Å². The van der Waals surface area contributed by atoms with Crippen molar-refractivity contribution in [2.75, 3.05) is 32.8 Å². The molecule has 202 valence electrons. The summed E-state index contributed by atoms with van der Waals surface area (Å²) in [5.41, 5.74) is -0.427. The second-order valence-electron chi connectivity index (χ2n) is 11.4. The first-order valence-electron chi connectivity index (χ1n) is 13.5. The molecule has 3 rings (SSSR count). The second kappa shape index (κ2) is 11.7. The van der Waals surface area contributed by atoms with Crippen molar-refractivity contribution in [3.63, 3.8) is 0 Å². The Morgan fingerprint density at radius 2 is 1.86 bits per heavy atom. The van der Waals surface area contributed by atoms with E-state index in [0.717, 1.165) is 32.1 Å². The molecule has 0 aromatic carbocycles. The number of nitrogens with zero attached hydrogens (tertiary/aromatic N) is 3. The molecule has 0 saturated carbocycles. The number of likely N-dealkylation sites (tertiary alicyclic amines) is 1. The van der Waals surface area contributed by atoms with Gasteiger partial charge in [-0.15, -0.1) is 24.9 Å². The van der Waals surface area contributed by atoms with Gasteiger partial charge in [0.2, 0.25) is 17.7 Å². The van der Waals surface area contributed by atoms with Crippen molar-refractivity contribution in [2.24, 2.45) is 11.8 Å². The fraction of sp³-hybridized carbons (Fsp3) is 0.750. The van der Waals surface area contributed by atoms with Crippen molar-refractivity contribution >= 4 is 29.5 Å². The van der Waals surface area contributed by atoms with Crippen molar-refractivity contribution in [1.29, 1.82) is 0 Å². The molecule has 2 unspecified atom stereocenters. The zero-order valence-corrected chi connectivity index (χ0v) is 23.4. The van der Waals surface area contributed by atoms with Crippen LogP contribution in [0.2, 0.25) is 0 Å². The van der Waals surface area contributed by atoms with E-state index in [2.05, 4.69) is 13.2 Å². The van der Waals surface area contributed by atoms with Gasteiger partial charge in [-0.1, -0.05) is 19.1 Å². The molecule has 3 saturated heterocycles. The van der Waals surface area contributed by atoms with Crippen LogP contribution in [0.25, 0.3) is 0 Å². The number of carbonyl (C=O) groups excluding carboxylic acids is 3. The standard InChI is InChI=1S/C28H45N3O4S/c1-7-15-29(16-8-2)24(33)21-20-13-14-28(36-20)22(21)25(34)30(18-11-10-12-19-32)23(28)26(35)31(17-9-3)27(4,5)6/h7,9,20-23,32H,1,3,8,10-19H2,2,4-6H3/t20-,21+,22-,23?,28?/m0/s1. The van der Waals surface area contributed by atoms with Crippen LogP contribution in [-0.4, -0.2) is 91.9 Å². The Bertz CT molecular complexity index is 856. The molecule has 5 atom stereocenters. The SMILES string of the molecule is C=CCN(CCC)C(=O)[C@@H]1[C@@H]2CCC3(S2)C(C(=O)N(CC=C)C(C)(C)C)N(CCCCCO)C(=O)[C@H]13. The van der Waals surface area contributed by atoms with Crippen LogP contribution in [0.1, 0.15) is 66.2 Å². The van der Waals surface area contributed by atoms with Crippen LogP contribution in [0.3, 0.4) is 0 Å². The first kappa shape index (κ1) is 28.8. The number of aliphatic hydroxyl groups is 1. The van der Waals surface area contributed by atoms with Crippen LogP contribution >= 0.6 is 11.8 Å². The second-order valence-corrected chi connectivity index (χ2v) is 13.0. The van der Waals surface area contributed by atoms with Gasteiger partial charge in [-0.25, -0.2) is 0 Å². The van der Waals surface area contributed by atoms with E-state index < -0.39 is 28.2 Å². The minimum absolute atomic E-state index is 0.0290. The van der Waals surface area contributed by atoms with E-state index >= 15 is 0 Å². The fourth-order valence-electron chi connectivity index (χ4n) is 6.42. The van der Waals surface area contributed by atoms with Crippen LogP contribution < -0.4 is 0 Å². The zero-order valence-electron chi connectivity index (χ0n) is 22.6. The molecule has 2 bridgehead atoms. The Hall–Kier alpha value is -1.80. The Labute approximate surface area is 221 Å². The molecule has 3 heterocycles. The Morgan fingerprint density at radius 1 is 1.17 bits per heavy atom. The summed E-state index contributed by atoms with van der Waals surface area (Å²) in [6.07, 6.45) is 8.13. The van der Waals surface area contributed by atoms with Crippen molar-refractivity contribution in [3.05, 3.63) is 25.3 Å². The fourth-order valence-corrected chi connectivity index (χ4v) is 8.63. The predicted molar refractivity (Wildman–Crippen MR) is 145 cm³/mol. The summed E-state index contributed by atoms with van der Waals surface area (Å²) < 4.78 is -0.577. The highest BCUT2D eigenvalue weighted by Crippen LogP contribution is 2.66. The van der Waals surface area contributed by atoms with Crippen LogP contribution in [0.4, 0.5) is 0 Å². The van der Waals surface area contributed by atoms with Gasteiger partial charge >= 0.3 is 0 Å². The average Bonchev–Trinajstić information content (AvgIpc) is 3.46. The first-order valence-corrected chi connectivity index (χ1v) is 14.4. The summed E-state index contributed by atoms with van der Waals surface area (Å²) in [6.45, 7) is 17.9. The minimum Gasteiger partial charge on any atom is -0.396 e. The summed E-state index contributed by atoms with van der Waals surface area (Å²) in [7, 11) is 0. The number of carbonyl (C=O) groups is 3. The van der Waals surface area contributed by atoms with E-state index in [4.69, 9.17) is 0 Å². The number of hydrogen-bond acceptors (Lipinski definition) is 5. The molecule has 0 radical (unpaired) electrons. The molecule has 7 nitrogen and oxygen atoms in total. The van der Waals surface area contributed by atoms with Gasteiger partial charge in [0.25, 0.3) is 0 Å². The van der Waals surface area contributed by atoms with Gasteiger partial charge in [-0.05, 0) is 59.3 Å². The zero-order chi connectivity index (χ0) is 26.7. The van der Waals surface area contributed by atoms with Crippen molar-refractivity contribution < 1.29 is 19.5 Å². The smallest absolute Gasteiger partial charge is 0.247 e. The third-order valence-electron chi connectivity index (χ3n) is 7.92. The van der Waals surface area contributed by atoms with E-state index in [1.807, 2.05) is 37.5 Å². The maximum atomic E-state index is 14.3. The summed E-state index contributed by atoms with van der Waals surface area (Å²) in [5, 5.41) is 9.28. The van der Waals surface area contributed by atoms with E-state index in [1.54, 1.807) is 28.8 Å². The molecule has 1 spiro atoms. The minimum atomic E-state index is -0.588. The van der Waals surface area contributed by atoms with Gasteiger partial charge in [-0.2, -0.15) is 0 Å². The van der Waals surface area contributed by atoms with E-state index in [-0.39, 0.29) is 29.6 Å². The lowest BCUT2D eigenvalue weighted by molar-refractivity contribution is -0.146. The highest BCUT2D eigenvalue weighted by atomic mass is 32.2. The maximum absolute atomic E-state index is 14.3. The van der Waals surface area contributed by atoms with E-state index in [0.29, 0.717) is 32.6 Å². The van der Waals surface area contributed by atoms with Crippen LogP contribution in [-0.2, 0) is 14.4 Å². The molecular weight excluding hydrogens is 474 g/mol. The molecule has 0 aromatic rings. The molecule has 0 aliphatic carbocycles. The molecule has 0 aromatic heterocycles.